The summed E-state index contributed by atoms with van der Waals surface area (Å²) in [5.41, 5.74) is 3.47. The van der Waals surface area contributed by atoms with Crippen LogP contribution in [-0.2, 0) is 16.1 Å². The summed E-state index contributed by atoms with van der Waals surface area (Å²) < 4.78 is 37.7. The molecular weight excluding hydrogens is 380 g/mol. The first-order chi connectivity index (χ1) is 13.4. The molecule has 0 heterocycles. The summed E-state index contributed by atoms with van der Waals surface area (Å²) in [7, 11) is 0. The Kier molecular flexibility index (Phi) is 10.3. The third-order valence-corrected chi connectivity index (χ3v) is 4.31. The quantitative estimate of drug-likeness (QED) is 0.334. The number of halogens is 2. The van der Waals surface area contributed by atoms with E-state index in [9.17, 15) is 13.6 Å². The fourth-order valence-electron chi connectivity index (χ4n) is 2.69. The Balaban J connectivity index is 0.00000420. The Hall–Kier alpha value is -2.51. The second kappa shape index (κ2) is 12.1. The van der Waals surface area contributed by atoms with Gasteiger partial charge in [0, 0.05) is 6.61 Å². The molecule has 0 fully saturated rings. The highest BCUT2D eigenvalue weighted by molar-refractivity contribution is 5.79. The molecule has 1 atom stereocenters. The predicted octanol–water partition coefficient (Wildman–Crippen LogP) is 4.86. The van der Waals surface area contributed by atoms with Gasteiger partial charge in [-0.15, -0.1) is 0 Å². The maximum Gasteiger partial charge on any atom is 0.284 e. The van der Waals surface area contributed by atoms with E-state index in [1.807, 2.05) is 0 Å². The molecule has 0 saturated heterocycles. The molecule has 7 heteroatoms. The van der Waals surface area contributed by atoms with Gasteiger partial charge in [-0.2, -0.15) is 0 Å². The molecule has 0 radical (unpaired) electrons. The lowest BCUT2D eigenvalue weighted by atomic mass is 10.1. The molecule has 2 aromatic rings. The molecule has 0 spiro atoms. The second-order valence-corrected chi connectivity index (χ2v) is 6.63. The summed E-state index contributed by atoms with van der Waals surface area (Å²) >= 11 is 0. The summed E-state index contributed by atoms with van der Waals surface area (Å²) in [6, 6.07) is 9.05. The molecule has 0 bridgehead atoms. The summed E-state index contributed by atoms with van der Waals surface area (Å²) in [5.74, 6) is -0.905. The number of hydroxylamine groups is 1. The van der Waals surface area contributed by atoms with Gasteiger partial charge in [-0.25, -0.2) is 14.3 Å². The lowest BCUT2D eigenvalue weighted by molar-refractivity contribution is -0.136. The number of unbranched alkanes of at least 4 members (excludes halogenated alkanes) is 1. The summed E-state index contributed by atoms with van der Waals surface area (Å²) in [6.45, 7) is 4.16. The Labute approximate surface area is 170 Å². The molecule has 0 aliphatic rings. The molecular formula is C22H29F2NO4. The van der Waals surface area contributed by atoms with Gasteiger partial charge < -0.3 is 9.47 Å². The maximum atomic E-state index is 13.3. The average molecular weight is 409 g/mol. The summed E-state index contributed by atoms with van der Waals surface area (Å²) in [4.78, 5) is 11.8. The number of aryl methyl sites for hydroxylation is 2. The third-order valence-electron chi connectivity index (χ3n) is 4.31. The number of benzene rings is 2. The van der Waals surface area contributed by atoms with Gasteiger partial charge in [-0.1, -0.05) is 19.6 Å². The maximum absolute atomic E-state index is 13.3. The van der Waals surface area contributed by atoms with E-state index in [2.05, 4.69) is 0 Å². The van der Waals surface area contributed by atoms with E-state index in [0.717, 1.165) is 5.56 Å². The molecule has 1 amide bonds. The molecule has 2 N–H and O–H groups in total. The fourth-order valence-corrected chi connectivity index (χ4v) is 2.69. The molecule has 0 saturated carbocycles. The van der Waals surface area contributed by atoms with Crippen LogP contribution in [0.3, 0.4) is 0 Å². The minimum Gasteiger partial charge on any atom is -0.481 e. The zero-order chi connectivity index (χ0) is 20.5. The van der Waals surface area contributed by atoms with Crippen molar-refractivity contribution in [2.24, 2.45) is 0 Å². The van der Waals surface area contributed by atoms with Gasteiger partial charge in [-0.05, 0) is 74.1 Å². The molecule has 2 rings (SSSR count). The van der Waals surface area contributed by atoms with Gasteiger partial charge in [-0.3, -0.25) is 10.0 Å². The molecule has 0 unspecified atom stereocenters. The van der Waals surface area contributed by atoms with Crippen LogP contribution in [0.2, 0.25) is 0 Å². The van der Waals surface area contributed by atoms with Crippen molar-refractivity contribution in [3.05, 3.63) is 64.7 Å². The van der Waals surface area contributed by atoms with Crippen LogP contribution in [-0.4, -0.2) is 23.8 Å². The Morgan fingerprint density at radius 2 is 1.72 bits per heavy atom. The van der Waals surface area contributed by atoms with E-state index in [1.54, 1.807) is 31.5 Å². The highest BCUT2D eigenvalue weighted by atomic mass is 19.1. The van der Waals surface area contributed by atoms with Gasteiger partial charge in [0.1, 0.15) is 17.4 Å². The topological polar surface area (TPSA) is 67.8 Å². The number of hydrogen-bond acceptors (Lipinski definition) is 4. The number of carbonyl (C=O) groups excluding carboxylic acids is 1. The first-order valence-corrected chi connectivity index (χ1v) is 9.10. The number of nitrogens with one attached hydrogen (secondary N) is 1. The Bertz CT molecular complexity index is 798. The molecule has 2 aromatic carbocycles. The Morgan fingerprint density at radius 1 is 1.07 bits per heavy atom. The minimum atomic E-state index is -0.894. The van der Waals surface area contributed by atoms with Crippen molar-refractivity contribution >= 4 is 5.91 Å². The number of rotatable bonds is 10. The van der Waals surface area contributed by atoms with Crippen molar-refractivity contribution in [3.8, 4) is 5.75 Å². The van der Waals surface area contributed by atoms with Crippen LogP contribution >= 0.6 is 0 Å². The van der Waals surface area contributed by atoms with E-state index < -0.39 is 12.0 Å². The average Bonchev–Trinajstić information content (AvgIpc) is 2.68. The van der Waals surface area contributed by atoms with Gasteiger partial charge in [0.15, 0.2) is 6.10 Å². The number of carbonyl (C=O) groups is 1. The SMILES string of the molecule is C.Cc1cc(COCCCC[C@@H](Oc2ccc(F)c(C)c2)C(=O)NO)ccc1F. The molecule has 160 valence electrons. The standard InChI is InChI=1S/C21H25F2NO4.CH4/c1-14-11-16(6-8-18(14)22)13-27-10-4-3-5-20(21(25)24-26)28-17-7-9-19(23)15(2)12-17;/h6-9,11-12,20,26H,3-5,10,13H2,1-2H3,(H,24,25);1H4/t20-;/m1./s1. The largest absolute Gasteiger partial charge is 0.481 e. The number of ether oxygens (including phenoxy) is 2. The van der Waals surface area contributed by atoms with Crippen molar-refractivity contribution in [1.29, 1.82) is 0 Å². The van der Waals surface area contributed by atoms with Crippen LogP contribution < -0.4 is 10.2 Å². The van der Waals surface area contributed by atoms with Gasteiger partial charge in [0.25, 0.3) is 5.91 Å². The molecule has 0 aromatic heterocycles. The molecule has 29 heavy (non-hydrogen) atoms. The smallest absolute Gasteiger partial charge is 0.284 e. The first-order valence-electron chi connectivity index (χ1n) is 9.10. The lowest BCUT2D eigenvalue weighted by Crippen LogP contribution is -2.36. The number of amides is 1. The minimum absolute atomic E-state index is 0. The highest BCUT2D eigenvalue weighted by Crippen LogP contribution is 2.19. The van der Waals surface area contributed by atoms with Crippen molar-refractivity contribution in [3.63, 3.8) is 0 Å². The lowest BCUT2D eigenvalue weighted by Gasteiger charge is -2.17. The zero-order valence-corrected chi connectivity index (χ0v) is 16.0. The van der Waals surface area contributed by atoms with Crippen LogP contribution in [0.5, 0.6) is 5.75 Å². The van der Waals surface area contributed by atoms with Gasteiger partial charge in [0.05, 0.1) is 6.61 Å². The molecule has 0 aliphatic heterocycles. The fraction of sp³-hybridized carbons (Fsp3) is 0.409. The van der Waals surface area contributed by atoms with E-state index >= 15 is 0 Å². The predicted molar refractivity (Wildman–Crippen MR) is 107 cm³/mol. The van der Waals surface area contributed by atoms with E-state index in [4.69, 9.17) is 14.7 Å². The van der Waals surface area contributed by atoms with Crippen LogP contribution in [0.4, 0.5) is 8.78 Å². The van der Waals surface area contributed by atoms with Crippen LogP contribution in [0.15, 0.2) is 36.4 Å². The van der Waals surface area contributed by atoms with Crippen LogP contribution in [0, 0.1) is 25.5 Å². The Morgan fingerprint density at radius 3 is 2.34 bits per heavy atom. The zero-order valence-electron chi connectivity index (χ0n) is 16.0. The van der Waals surface area contributed by atoms with Crippen LogP contribution in [0.1, 0.15) is 43.4 Å². The van der Waals surface area contributed by atoms with E-state index in [-0.39, 0.29) is 19.1 Å². The van der Waals surface area contributed by atoms with Crippen molar-refractivity contribution in [2.75, 3.05) is 6.61 Å². The summed E-state index contributed by atoms with van der Waals surface area (Å²) in [6.07, 6.45) is 0.776. The monoisotopic (exact) mass is 409 g/mol. The van der Waals surface area contributed by atoms with E-state index in [0.29, 0.717) is 49.4 Å². The highest BCUT2D eigenvalue weighted by Gasteiger charge is 2.20. The van der Waals surface area contributed by atoms with E-state index in [1.165, 1.54) is 24.3 Å². The second-order valence-electron chi connectivity index (χ2n) is 6.63. The normalized spacial score (nSPS) is 11.5. The van der Waals surface area contributed by atoms with Gasteiger partial charge in [0.2, 0.25) is 0 Å². The van der Waals surface area contributed by atoms with Crippen LogP contribution in [0.25, 0.3) is 0 Å². The first kappa shape index (κ1) is 24.5. The molecule has 0 aliphatic carbocycles. The van der Waals surface area contributed by atoms with Gasteiger partial charge >= 0.3 is 0 Å². The summed E-state index contributed by atoms with van der Waals surface area (Å²) in [5, 5.41) is 8.90. The van der Waals surface area contributed by atoms with Crippen molar-refractivity contribution < 1.29 is 28.3 Å². The molecule has 5 nitrogen and oxygen atoms in total. The van der Waals surface area contributed by atoms with Crippen molar-refractivity contribution in [2.45, 2.75) is 53.2 Å². The number of hydrogen-bond donors (Lipinski definition) is 2. The van der Waals surface area contributed by atoms with Crippen molar-refractivity contribution in [1.82, 2.24) is 5.48 Å². The third kappa shape index (κ3) is 7.79.